The molecular weight excluding hydrogens is 425 g/mol. The monoisotopic (exact) mass is 438 g/mol. The van der Waals surface area contributed by atoms with Gasteiger partial charge in [-0.15, -0.1) is 0 Å². The molecule has 12 heteroatoms. The van der Waals surface area contributed by atoms with Gasteiger partial charge in [0, 0.05) is 0 Å². The van der Waals surface area contributed by atoms with E-state index >= 15 is 0 Å². The number of amidine groups is 1. The molecule has 1 aromatic carbocycles. The van der Waals surface area contributed by atoms with Gasteiger partial charge >= 0.3 is 12.1 Å². The highest BCUT2D eigenvalue weighted by molar-refractivity contribution is 8.18. The zero-order valence-electron chi connectivity index (χ0n) is 15.2. The Morgan fingerprint density at radius 3 is 2.70 bits per heavy atom. The number of rotatable bonds is 4. The summed E-state index contributed by atoms with van der Waals surface area (Å²) in [6.07, 6.45) is -2.49. The molecule has 1 aliphatic heterocycles. The van der Waals surface area contributed by atoms with Gasteiger partial charge in [0.05, 0.1) is 23.3 Å². The molecular formula is C18H13F3N4O4S. The van der Waals surface area contributed by atoms with Crippen LogP contribution in [0.2, 0.25) is 0 Å². The molecule has 1 saturated heterocycles. The van der Waals surface area contributed by atoms with Crippen molar-refractivity contribution in [2.24, 2.45) is 4.99 Å². The van der Waals surface area contributed by atoms with E-state index in [1.165, 1.54) is 18.2 Å². The van der Waals surface area contributed by atoms with Crippen LogP contribution in [-0.4, -0.2) is 33.6 Å². The van der Waals surface area contributed by atoms with E-state index in [2.05, 4.69) is 20.3 Å². The number of esters is 1. The molecule has 0 bridgehead atoms. The number of nitrogens with one attached hydrogen (secondary N) is 2. The Labute approximate surface area is 171 Å². The second-order valence-corrected chi connectivity index (χ2v) is 6.77. The lowest BCUT2D eigenvalue weighted by molar-refractivity contribution is -0.137. The number of hydrogen-bond acceptors (Lipinski definition) is 7. The average molecular weight is 438 g/mol. The molecule has 0 unspecified atom stereocenters. The van der Waals surface area contributed by atoms with E-state index in [1.54, 1.807) is 6.92 Å². The van der Waals surface area contributed by atoms with Crippen molar-refractivity contribution in [3.05, 3.63) is 62.4 Å². The molecule has 1 amide bonds. The van der Waals surface area contributed by atoms with Crippen molar-refractivity contribution < 1.29 is 27.5 Å². The third kappa shape index (κ3) is 4.76. The number of thioether (sulfide) groups is 1. The summed E-state index contributed by atoms with van der Waals surface area (Å²) in [7, 11) is 0. The standard InChI is InChI=1S/C18H13F3N4O4S/c1-2-29-15(28)10-8-22-16(23-13(10)26)25-17-24-14(27)12(30-17)7-9-5-3-4-6-11(9)18(19,20)21/h3-8H,2H2,1H3,(H2,22,23,24,25,26,27)/b12-7+. The Bertz CT molecular complexity index is 1120. The molecule has 2 N–H and O–H groups in total. The minimum absolute atomic E-state index is 0.00257. The quantitative estimate of drug-likeness (QED) is 0.561. The number of carbonyl (C=O) groups excluding carboxylic acids is 2. The third-order valence-corrected chi connectivity index (χ3v) is 4.60. The van der Waals surface area contributed by atoms with Gasteiger partial charge in [0.2, 0.25) is 5.95 Å². The van der Waals surface area contributed by atoms with Crippen LogP contribution in [0.25, 0.3) is 6.08 Å². The summed E-state index contributed by atoms with van der Waals surface area (Å²) in [5.74, 6) is -1.70. The second-order valence-electron chi connectivity index (χ2n) is 5.74. The van der Waals surface area contributed by atoms with Crippen molar-refractivity contribution in [2.75, 3.05) is 6.61 Å². The molecule has 1 aromatic heterocycles. The minimum Gasteiger partial charge on any atom is -0.462 e. The molecule has 0 atom stereocenters. The van der Waals surface area contributed by atoms with Crippen LogP contribution in [0.15, 0.2) is 45.2 Å². The molecule has 1 aliphatic rings. The summed E-state index contributed by atoms with van der Waals surface area (Å²) in [5, 5.41) is 2.38. The van der Waals surface area contributed by atoms with Crippen molar-refractivity contribution in [2.45, 2.75) is 13.1 Å². The van der Waals surface area contributed by atoms with Crippen LogP contribution >= 0.6 is 11.8 Å². The van der Waals surface area contributed by atoms with Crippen LogP contribution in [-0.2, 0) is 15.7 Å². The molecule has 3 rings (SSSR count). The third-order valence-electron chi connectivity index (χ3n) is 3.69. The van der Waals surface area contributed by atoms with Gasteiger partial charge in [-0.05, 0) is 36.4 Å². The highest BCUT2D eigenvalue weighted by Crippen LogP contribution is 2.35. The molecule has 30 heavy (non-hydrogen) atoms. The Kier molecular flexibility index (Phi) is 6.06. The van der Waals surface area contributed by atoms with Crippen LogP contribution in [0.4, 0.5) is 19.1 Å². The van der Waals surface area contributed by atoms with Gasteiger partial charge in [-0.1, -0.05) is 18.2 Å². The summed E-state index contributed by atoms with van der Waals surface area (Å²) in [6.45, 7) is 1.66. The van der Waals surface area contributed by atoms with Gasteiger partial charge in [0.1, 0.15) is 5.56 Å². The molecule has 0 radical (unpaired) electrons. The van der Waals surface area contributed by atoms with E-state index in [-0.39, 0.29) is 33.8 Å². The van der Waals surface area contributed by atoms with Crippen molar-refractivity contribution in [3.63, 3.8) is 0 Å². The number of amides is 1. The van der Waals surface area contributed by atoms with E-state index in [0.717, 1.165) is 30.1 Å². The average Bonchev–Trinajstić information content (AvgIpc) is 3.00. The predicted octanol–water partition coefficient (Wildman–Crippen LogP) is 2.86. The van der Waals surface area contributed by atoms with Gasteiger partial charge in [0.25, 0.3) is 11.5 Å². The number of hydrogen-bond donors (Lipinski definition) is 2. The van der Waals surface area contributed by atoms with Gasteiger partial charge in [0.15, 0.2) is 5.17 Å². The van der Waals surface area contributed by atoms with E-state index < -0.39 is 29.2 Å². The molecule has 156 valence electrons. The number of ether oxygens (including phenoxy) is 1. The number of halogens is 3. The second kappa shape index (κ2) is 8.53. The van der Waals surface area contributed by atoms with E-state index in [1.807, 2.05) is 0 Å². The van der Waals surface area contributed by atoms with Crippen LogP contribution in [0, 0.1) is 0 Å². The number of nitrogens with zero attached hydrogens (tertiary/aromatic N) is 2. The first-order valence-corrected chi connectivity index (χ1v) is 9.23. The smallest absolute Gasteiger partial charge is 0.416 e. The summed E-state index contributed by atoms with van der Waals surface area (Å²) in [6, 6.07) is 4.83. The molecule has 8 nitrogen and oxygen atoms in total. The summed E-state index contributed by atoms with van der Waals surface area (Å²) < 4.78 is 44.1. The summed E-state index contributed by atoms with van der Waals surface area (Å²) in [5.41, 5.74) is -2.15. The zero-order chi connectivity index (χ0) is 21.9. The van der Waals surface area contributed by atoms with Gasteiger partial charge < -0.3 is 10.1 Å². The molecule has 2 heterocycles. The largest absolute Gasteiger partial charge is 0.462 e. The topological polar surface area (TPSA) is 114 Å². The van der Waals surface area contributed by atoms with E-state index in [0.29, 0.717) is 0 Å². The van der Waals surface area contributed by atoms with Gasteiger partial charge in [-0.2, -0.15) is 18.2 Å². The first-order valence-electron chi connectivity index (χ1n) is 8.41. The number of carbonyl (C=O) groups is 2. The first-order chi connectivity index (χ1) is 14.2. The van der Waals surface area contributed by atoms with E-state index in [9.17, 15) is 27.6 Å². The van der Waals surface area contributed by atoms with Crippen LogP contribution in [0.1, 0.15) is 28.4 Å². The summed E-state index contributed by atoms with van der Waals surface area (Å²) in [4.78, 5) is 45.7. The Morgan fingerprint density at radius 1 is 1.30 bits per heavy atom. The Balaban J connectivity index is 1.86. The van der Waals surface area contributed by atoms with Crippen LogP contribution in [0.5, 0.6) is 0 Å². The molecule has 2 aromatic rings. The van der Waals surface area contributed by atoms with E-state index in [4.69, 9.17) is 4.74 Å². The number of aromatic nitrogens is 2. The van der Waals surface area contributed by atoms with Gasteiger partial charge in [-0.25, -0.2) is 9.78 Å². The zero-order valence-corrected chi connectivity index (χ0v) is 16.1. The highest BCUT2D eigenvalue weighted by atomic mass is 32.2. The fourth-order valence-electron chi connectivity index (χ4n) is 2.40. The number of alkyl halides is 3. The number of aromatic amines is 1. The minimum atomic E-state index is -4.58. The summed E-state index contributed by atoms with van der Waals surface area (Å²) >= 11 is 0.782. The van der Waals surface area contributed by atoms with Crippen LogP contribution < -0.4 is 10.9 Å². The SMILES string of the molecule is CCOC(=O)c1cnc(/N=C2/NC(=O)/C(=C\c3ccccc3C(F)(F)F)S2)[nH]c1=O. The first kappa shape index (κ1) is 21.3. The fraction of sp³-hybridized carbons (Fsp3) is 0.167. The fourth-order valence-corrected chi connectivity index (χ4v) is 3.21. The lowest BCUT2D eigenvalue weighted by atomic mass is 10.1. The number of aliphatic imine (C=N–C) groups is 1. The van der Waals surface area contributed by atoms with Crippen molar-refractivity contribution in [3.8, 4) is 0 Å². The predicted molar refractivity (Wildman–Crippen MR) is 103 cm³/mol. The lowest BCUT2D eigenvalue weighted by Gasteiger charge is -2.09. The molecule has 0 saturated carbocycles. The highest BCUT2D eigenvalue weighted by Gasteiger charge is 2.33. The normalized spacial score (nSPS) is 16.7. The van der Waals surface area contributed by atoms with Crippen LogP contribution in [0.3, 0.4) is 0 Å². The van der Waals surface area contributed by atoms with Gasteiger partial charge in [-0.3, -0.25) is 14.6 Å². The lowest BCUT2D eigenvalue weighted by Crippen LogP contribution is -2.21. The number of H-pyrrole nitrogens is 1. The Hall–Kier alpha value is -3.41. The maximum atomic E-state index is 13.1. The number of benzene rings is 1. The van der Waals surface area contributed by atoms with Crippen molar-refractivity contribution in [1.29, 1.82) is 0 Å². The van der Waals surface area contributed by atoms with Crippen molar-refractivity contribution in [1.82, 2.24) is 15.3 Å². The maximum Gasteiger partial charge on any atom is 0.416 e. The molecule has 0 aliphatic carbocycles. The van der Waals surface area contributed by atoms with Crippen molar-refractivity contribution >= 4 is 40.8 Å². The Morgan fingerprint density at radius 2 is 2.03 bits per heavy atom. The molecule has 0 spiro atoms. The molecule has 1 fully saturated rings. The maximum absolute atomic E-state index is 13.1.